The van der Waals surface area contributed by atoms with E-state index in [1.54, 1.807) is 0 Å². The zero-order valence-electron chi connectivity index (χ0n) is 9.90. The third-order valence-corrected chi connectivity index (χ3v) is 2.47. The Balaban J connectivity index is 2.44. The van der Waals surface area contributed by atoms with E-state index in [9.17, 15) is 26.3 Å². The monoisotopic (exact) mass is 316 g/mol. The van der Waals surface area contributed by atoms with Gasteiger partial charge in [0.05, 0.1) is 5.56 Å². The SMILES string of the molecule is FC(F)(F)CNC(=S)NCc1ccc(C(F)(F)F)cc1. The van der Waals surface area contributed by atoms with Gasteiger partial charge in [0.1, 0.15) is 6.54 Å². The van der Waals surface area contributed by atoms with E-state index in [0.717, 1.165) is 12.1 Å². The standard InChI is InChI=1S/C11H10F6N2S/c12-10(13,14)6-19-9(20)18-5-7-1-3-8(4-2-7)11(15,16)17/h1-4H,5-6H2,(H2,18,19,20). The van der Waals surface area contributed by atoms with Crippen molar-refractivity contribution in [1.29, 1.82) is 0 Å². The van der Waals surface area contributed by atoms with E-state index in [1.165, 1.54) is 12.1 Å². The van der Waals surface area contributed by atoms with Crippen molar-refractivity contribution >= 4 is 17.3 Å². The summed E-state index contributed by atoms with van der Waals surface area (Å²) in [5, 5.41) is 4.19. The van der Waals surface area contributed by atoms with Crippen molar-refractivity contribution in [2.45, 2.75) is 18.9 Å². The summed E-state index contributed by atoms with van der Waals surface area (Å²) in [4.78, 5) is 0. The van der Waals surface area contributed by atoms with Gasteiger partial charge < -0.3 is 10.6 Å². The van der Waals surface area contributed by atoms with Crippen LogP contribution in [0.3, 0.4) is 0 Å². The van der Waals surface area contributed by atoms with Gasteiger partial charge in [0.15, 0.2) is 5.11 Å². The molecule has 0 heterocycles. The summed E-state index contributed by atoms with van der Waals surface area (Å²) in [6, 6.07) is 4.23. The number of benzene rings is 1. The maximum Gasteiger partial charge on any atom is 0.416 e. The Bertz CT molecular complexity index is 451. The van der Waals surface area contributed by atoms with E-state index in [1.807, 2.05) is 5.32 Å². The zero-order chi connectivity index (χ0) is 15.4. The molecule has 0 spiro atoms. The van der Waals surface area contributed by atoms with Gasteiger partial charge in [0.25, 0.3) is 0 Å². The first-order valence-corrected chi connectivity index (χ1v) is 5.73. The summed E-state index contributed by atoms with van der Waals surface area (Å²) in [5.74, 6) is 0. The van der Waals surface area contributed by atoms with Crippen LogP contribution in [0.15, 0.2) is 24.3 Å². The van der Waals surface area contributed by atoms with E-state index in [-0.39, 0.29) is 11.7 Å². The van der Waals surface area contributed by atoms with Gasteiger partial charge in [-0.05, 0) is 29.9 Å². The Labute approximate surface area is 116 Å². The molecule has 2 N–H and O–H groups in total. The van der Waals surface area contributed by atoms with Gasteiger partial charge in [-0.2, -0.15) is 26.3 Å². The second-order valence-corrected chi connectivity index (χ2v) is 4.25. The number of nitrogens with one attached hydrogen (secondary N) is 2. The lowest BCUT2D eigenvalue weighted by atomic mass is 10.1. The van der Waals surface area contributed by atoms with E-state index in [2.05, 4.69) is 17.5 Å². The molecule has 0 fully saturated rings. The number of thiocarbonyl (C=S) groups is 1. The molecular weight excluding hydrogens is 306 g/mol. The topological polar surface area (TPSA) is 24.1 Å². The summed E-state index contributed by atoms with van der Waals surface area (Å²) < 4.78 is 72.5. The molecule has 0 bridgehead atoms. The first kappa shape index (κ1) is 16.5. The molecule has 0 amide bonds. The van der Waals surface area contributed by atoms with Crippen molar-refractivity contribution in [3.8, 4) is 0 Å². The number of halogens is 6. The van der Waals surface area contributed by atoms with Gasteiger partial charge in [-0.15, -0.1) is 0 Å². The molecule has 0 aliphatic rings. The molecule has 0 saturated carbocycles. The zero-order valence-corrected chi connectivity index (χ0v) is 10.7. The lowest BCUT2D eigenvalue weighted by Gasteiger charge is -2.12. The van der Waals surface area contributed by atoms with Crippen LogP contribution in [0.2, 0.25) is 0 Å². The van der Waals surface area contributed by atoms with Crippen LogP contribution in [0.25, 0.3) is 0 Å². The molecule has 0 saturated heterocycles. The van der Waals surface area contributed by atoms with E-state index >= 15 is 0 Å². The summed E-state index contributed by atoms with van der Waals surface area (Å²) in [7, 11) is 0. The summed E-state index contributed by atoms with van der Waals surface area (Å²) in [6.07, 6.45) is -8.81. The van der Waals surface area contributed by atoms with Crippen molar-refractivity contribution in [1.82, 2.24) is 10.6 Å². The van der Waals surface area contributed by atoms with Crippen LogP contribution in [0, 0.1) is 0 Å². The fourth-order valence-corrected chi connectivity index (χ4v) is 1.38. The first-order chi connectivity index (χ1) is 9.08. The molecule has 0 aliphatic carbocycles. The van der Waals surface area contributed by atoms with Crippen LogP contribution in [-0.4, -0.2) is 17.8 Å². The smallest absolute Gasteiger partial charge is 0.359 e. The van der Waals surface area contributed by atoms with Gasteiger partial charge in [0, 0.05) is 6.54 Å². The van der Waals surface area contributed by atoms with Crippen molar-refractivity contribution in [3.05, 3.63) is 35.4 Å². The molecule has 9 heteroatoms. The Morgan fingerprint density at radius 3 is 1.95 bits per heavy atom. The quantitative estimate of drug-likeness (QED) is 0.661. The highest BCUT2D eigenvalue weighted by atomic mass is 32.1. The third kappa shape index (κ3) is 6.09. The number of rotatable bonds is 3. The van der Waals surface area contributed by atoms with Gasteiger partial charge in [-0.25, -0.2) is 0 Å². The van der Waals surface area contributed by atoms with Crippen molar-refractivity contribution in [2.75, 3.05) is 6.54 Å². The first-order valence-electron chi connectivity index (χ1n) is 5.32. The second kappa shape index (κ2) is 6.29. The lowest BCUT2D eigenvalue weighted by molar-refractivity contribution is -0.137. The highest BCUT2D eigenvalue weighted by Crippen LogP contribution is 2.28. The lowest BCUT2D eigenvalue weighted by Crippen LogP contribution is -2.40. The summed E-state index contributed by atoms with van der Waals surface area (Å²) in [6.45, 7) is -1.24. The molecular formula is C11H10F6N2S. The van der Waals surface area contributed by atoms with Crippen LogP contribution in [0.4, 0.5) is 26.3 Å². The number of alkyl halides is 6. The summed E-state index contributed by atoms with van der Waals surface area (Å²) in [5.41, 5.74) is -0.326. The largest absolute Gasteiger partial charge is 0.416 e. The van der Waals surface area contributed by atoms with Crippen LogP contribution in [-0.2, 0) is 12.7 Å². The molecule has 0 radical (unpaired) electrons. The average molecular weight is 316 g/mol. The molecule has 0 aliphatic heterocycles. The Kier molecular flexibility index (Phi) is 5.21. The van der Waals surface area contributed by atoms with Crippen molar-refractivity contribution in [2.24, 2.45) is 0 Å². The predicted molar refractivity (Wildman–Crippen MR) is 64.9 cm³/mol. The molecule has 1 rings (SSSR count). The van der Waals surface area contributed by atoms with Crippen LogP contribution in [0.5, 0.6) is 0 Å². The third-order valence-electron chi connectivity index (χ3n) is 2.18. The van der Waals surface area contributed by atoms with Crippen molar-refractivity contribution in [3.63, 3.8) is 0 Å². The fraction of sp³-hybridized carbons (Fsp3) is 0.364. The normalized spacial score (nSPS) is 12.1. The van der Waals surface area contributed by atoms with E-state index in [0.29, 0.717) is 5.56 Å². The fourth-order valence-electron chi connectivity index (χ4n) is 1.24. The Morgan fingerprint density at radius 1 is 0.950 bits per heavy atom. The molecule has 1 aromatic carbocycles. The average Bonchev–Trinajstić information content (AvgIpc) is 2.32. The van der Waals surface area contributed by atoms with Crippen LogP contribution in [0.1, 0.15) is 11.1 Å². The van der Waals surface area contributed by atoms with Gasteiger partial charge >= 0.3 is 12.4 Å². The van der Waals surface area contributed by atoms with Crippen LogP contribution >= 0.6 is 12.2 Å². The number of hydrogen-bond donors (Lipinski definition) is 2. The highest BCUT2D eigenvalue weighted by Gasteiger charge is 2.30. The molecule has 0 atom stereocenters. The number of hydrogen-bond acceptors (Lipinski definition) is 1. The van der Waals surface area contributed by atoms with Gasteiger partial charge in [-0.1, -0.05) is 12.1 Å². The second-order valence-electron chi connectivity index (χ2n) is 3.85. The molecule has 2 nitrogen and oxygen atoms in total. The Hall–Kier alpha value is -1.51. The maximum atomic E-state index is 12.3. The maximum absolute atomic E-state index is 12.3. The minimum Gasteiger partial charge on any atom is -0.359 e. The van der Waals surface area contributed by atoms with E-state index in [4.69, 9.17) is 0 Å². The molecule has 0 unspecified atom stereocenters. The minimum absolute atomic E-state index is 0.0296. The highest BCUT2D eigenvalue weighted by molar-refractivity contribution is 7.80. The summed E-state index contributed by atoms with van der Waals surface area (Å²) >= 11 is 4.60. The van der Waals surface area contributed by atoms with E-state index < -0.39 is 24.5 Å². The molecule has 1 aromatic rings. The van der Waals surface area contributed by atoms with Crippen LogP contribution < -0.4 is 10.6 Å². The van der Waals surface area contributed by atoms with Crippen molar-refractivity contribution < 1.29 is 26.3 Å². The minimum atomic E-state index is -4.42. The Morgan fingerprint density at radius 2 is 1.50 bits per heavy atom. The molecule has 112 valence electrons. The molecule has 20 heavy (non-hydrogen) atoms. The predicted octanol–water partition coefficient (Wildman–Crippen LogP) is 3.23. The van der Waals surface area contributed by atoms with Gasteiger partial charge in [0.2, 0.25) is 0 Å². The van der Waals surface area contributed by atoms with Gasteiger partial charge in [-0.3, -0.25) is 0 Å². The molecule has 0 aromatic heterocycles.